The van der Waals surface area contributed by atoms with E-state index in [-0.39, 0.29) is 40.4 Å². The molecule has 2 aliphatic heterocycles. The summed E-state index contributed by atoms with van der Waals surface area (Å²) in [7, 11) is -2.12. The topological polar surface area (TPSA) is 174 Å². The van der Waals surface area contributed by atoms with Gasteiger partial charge in [0.1, 0.15) is 17.0 Å². The lowest BCUT2D eigenvalue weighted by molar-refractivity contribution is 0.0556. The van der Waals surface area contributed by atoms with Crippen LogP contribution in [0.3, 0.4) is 0 Å². The number of anilines is 1. The minimum absolute atomic E-state index is 0.0100. The van der Waals surface area contributed by atoms with Crippen LogP contribution in [0.15, 0.2) is 47.9 Å². The number of nitrogens with zero attached hydrogens (tertiary/aromatic N) is 7. The van der Waals surface area contributed by atoms with Crippen LogP contribution in [0.5, 0.6) is 5.06 Å². The fourth-order valence-electron chi connectivity index (χ4n) is 6.31. The molecule has 7 heterocycles. The molecule has 7 rings (SSSR count). The molecule has 2 saturated heterocycles. The van der Waals surface area contributed by atoms with E-state index in [4.69, 9.17) is 15.5 Å². The van der Waals surface area contributed by atoms with Gasteiger partial charge >= 0.3 is 0 Å². The number of fused-ring (bicyclic) bond motifs is 3. The minimum Gasteiger partial charge on any atom is -0.487 e. The summed E-state index contributed by atoms with van der Waals surface area (Å²) in [5.74, 6) is -0.186. The molecule has 0 spiro atoms. The van der Waals surface area contributed by atoms with E-state index in [0.717, 1.165) is 40.3 Å². The molecule has 1 amide bonds. The van der Waals surface area contributed by atoms with Gasteiger partial charge in [-0.25, -0.2) is 13.4 Å². The number of nitrogens with one attached hydrogen (secondary N) is 1. The summed E-state index contributed by atoms with van der Waals surface area (Å²) in [6.45, 7) is 0. The molecule has 0 aromatic carbocycles. The van der Waals surface area contributed by atoms with E-state index in [1.54, 1.807) is 19.5 Å². The number of hydrogen-bond donors (Lipinski definition) is 2. The lowest BCUT2D eigenvalue weighted by Gasteiger charge is -2.38. The number of carbonyl (C=O) groups excluding carboxylic acids is 1. The highest BCUT2D eigenvalue weighted by atomic mass is 32.2. The number of nitrogens with two attached hydrogens (primary N) is 1. The van der Waals surface area contributed by atoms with Crippen molar-refractivity contribution in [3.8, 4) is 26.8 Å². The summed E-state index contributed by atoms with van der Waals surface area (Å²) in [6, 6.07) is 7.55. The van der Waals surface area contributed by atoms with Gasteiger partial charge in [0, 0.05) is 41.6 Å². The zero-order valence-corrected chi connectivity index (χ0v) is 24.4. The monoisotopic (exact) mass is 605 g/mol. The van der Waals surface area contributed by atoms with Crippen molar-refractivity contribution in [3.63, 3.8) is 0 Å². The molecule has 0 radical (unpaired) electrons. The number of piperidine rings is 1. The zero-order chi connectivity index (χ0) is 29.2. The minimum atomic E-state index is -3.75. The van der Waals surface area contributed by atoms with Crippen LogP contribution in [-0.4, -0.2) is 79.4 Å². The van der Waals surface area contributed by atoms with Crippen molar-refractivity contribution in [1.29, 1.82) is 0 Å². The number of thiophene rings is 1. The molecule has 5 aromatic heterocycles. The summed E-state index contributed by atoms with van der Waals surface area (Å²) in [5.41, 5.74) is 9.65. The van der Waals surface area contributed by atoms with Gasteiger partial charge in [0.2, 0.25) is 5.82 Å². The van der Waals surface area contributed by atoms with Crippen molar-refractivity contribution in [2.24, 2.45) is 0 Å². The van der Waals surface area contributed by atoms with E-state index in [0.29, 0.717) is 29.7 Å². The van der Waals surface area contributed by atoms with Crippen LogP contribution in [0.2, 0.25) is 0 Å². The van der Waals surface area contributed by atoms with Gasteiger partial charge in [0.25, 0.3) is 5.91 Å². The molecule has 3 N–H and O–H groups in total. The van der Waals surface area contributed by atoms with Crippen molar-refractivity contribution in [1.82, 2.24) is 39.7 Å². The Morgan fingerprint density at radius 2 is 1.93 bits per heavy atom. The van der Waals surface area contributed by atoms with E-state index >= 15 is 0 Å². The number of nitrogen functional groups attached to an aromatic ring is 1. The number of hydrogen-bond acceptors (Lipinski definition) is 11. The SMILES string of the molecule is COc1ccc(-c2ccc(-c3cnn4c(N)c(S(C)(=O)=O)c(C5CC6CC[C@H](C5)N6C(=O)c5nnc[nH]5)nc34)cn2)s1. The summed E-state index contributed by atoms with van der Waals surface area (Å²) in [6.07, 6.45) is 8.65. The molecule has 15 heteroatoms. The Labute approximate surface area is 244 Å². The van der Waals surface area contributed by atoms with Crippen molar-refractivity contribution >= 4 is 38.5 Å². The summed E-state index contributed by atoms with van der Waals surface area (Å²) in [5, 5.41) is 12.8. The van der Waals surface area contributed by atoms with Crippen molar-refractivity contribution in [2.45, 2.75) is 48.6 Å². The van der Waals surface area contributed by atoms with E-state index in [2.05, 4.69) is 25.3 Å². The molecule has 3 atom stereocenters. The molecule has 13 nitrogen and oxygen atoms in total. The third kappa shape index (κ3) is 4.30. The summed E-state index contributed by atoms with van der Waals surface area (Å²) < 4.78 is 32.8. The van der Waals surface area contributed by atoms with E-state index in [1.807, 2.05) is 29.2 Å². The fourth-order valence-corrected chi connectivity index (χ4v) is 8.17. The van der Waals surface area contributed by atoms with Crippen LogP contribution >= 0.6 is 11.3 Å². The average molecular weight is 606 g/mol. The van der Waals surface area contributed by atoms with Crippen LogP contribution in [0.4, 0.5) is 5.82 Å². The highest BCUT2D eigenvalue weighted by molar-refractivity contribution is 7.91. The molecule has 0 saturated carbocycles. The molecule has 0 aliphatic carbocycles. The number of carbonyl (C=O) groups is 1. The number of methoxy groups -OCH3 is 1. The fraction of sp³-hybridized carbons (Fsp3) is 0.333. The van der Waals surface area contributed by atoms with Gasteiger partial charge in [-0.1, -0.05) is 17.4 Å². The van der Waals surface area contributed by atoms with E-state index < -0.39 is 9.84 Å². The van der Waals surface area contributed by atoms with Gasteiger partial charge in [-0.3, -0.25) is 9.78 Å². The van der Waals surface area contributed by atoms with Gasteiger partial charge in [0.15, 0.2) is 20.5 Å². The number of pyridine rings is 1. The zero-order valence-electron chi connectivity index (χ0n) is 22.8. The van der Waals surface area contributed by atoms with E-state index in [1.165, 1.54) is 22.2 Å². The third-order valence-electron chi connectivity index (χ3n) is 8.12. The highest BCUT2D eigenvalue weighted by Gasteiger charge is 2.46. The Morgan fingerprint density at radius 3 is 2.55 bits per heavy atom. The van der Waals surface area contributed by atoms with Crippen LogP contribution in [0.25, 0.3) is 27.3 Å². The quantitative estimate of drug-likeness (QED) is 0.292. The lowest BCUT2D eigenvalue weighted by Crippen LogP contribution is -2.46. The maximum atomic E-state index is 13.2. The number of H-pyrrole nitrogens is 1. The predicted octanol–water partition coefficient (Wildman–Crippen LogP) is 3.18. The first-order valence-electron chi connectivity index (χ1n) is 13.4. The molecule has 216 valence electrons. The van der Waals surface area contributed by atoms with Crippen molar-refractivity contribution in [2.75, 3.05) is 19.1 Å². The van der Waals surface area contributed by atoms with Gasteiger partial charge < -0.3 is 20.4 Å². The Morgan fingerprint density at radius 1 is 1.14 bits per heavy atom. The number of sulfone groups is 1. The van der Waals surface area contributed by atoms with Crippen LogP contribution in [-0.2, 0) is 9.84 Å². The third-order valence-corrected chi connectivity index (χ3v) is 10.3. The molecule has 42 heavy (non-hydrogen) atoms. The first-order valence-corrected chi connectivity index (χ1v) is 16.1. The maximum Gasteiger partial charge on any atom is 0.292 e. The van der Waals surface area contributed by atoms with Crippen LogP contribution < -0.4 is 10.5 Å². The van der Waals surface area contributed by atoms with Crippen molar-refractivity contribution in [3.05, 3.63) is 54.5 Å². The van der Waals surface area contributed by atoms with Crippen LogP contribution in [0, 0.1) is 0 Å². The maximum absolute atomic E-state index is 13.2. The summed E-state index contributed by atoms with van der Waals surface area (Å²) in [4.78, 5) is 28.4. The number of amides is 1. The number of ether oxygens (including phenoxy) is 1. The predicted molar refractivity (Wildman–Crippen MR) is 155 cm³/mol. The average Bonchev–Trinajstić information content (AvgIpc) is 3.78. The molecule has 2 bridgehead atoms. The standard InChI is InChI=1S/C27H27N9O4S2/c1-40-21-8-7-20(41-21)19-6-3-14(11-29-19)18-12-32-36-24(28)23(42(2,38)39)22(33-26(18)36)15-9-16-4-5-17(10-15)35(16)27(37)25-30-13-31-34-25/h3,6-8,11-13,15-17H,4-5,9-10,28H2,1-2H3,(H,30,31,34)/t15?,16-,17?/m1/s1. The largest absolute Gasteiger partial charge is 0.487 e. The number of aromatic amines is 1. The van der Waals surface area contributed by atoms with Gasteiger partial charge in [-0.2, -0.15) is 9.61 Å². The van der Waals surface area contributed by atoms with Gasteiger partial charge in [0.05, 0.1) is 29.6 Å². The van der Waals surface area contributed by atoms with Gasteiger partial charge in [-0.05, 0) is 43.9 Å². The molecule has 2 fully saturated rings. The van der Waals surface area contributed by atoms with Crippen molar-refractivity contribution < 1.29 is 17.9 Å². The second kappa shape index (κ2) is 9.87. The van der Waals surface area contributed by atoms with E-state index in [9.17, 15) is 13.2 Å². The Bertz CT molecular complexity index is 1900. The lowest BCUT2D eigenvalue weighted by atomic mass is 9.87. The Kier molecular flexibility index (Phi) is 6.23. The highest BCUT2D eigenvalue weighted by Crippen LogP contribution is 2.45. The van der Waals surface area contributed by atoms with Gasteiger partial charge in [-0.15, -0.1) is 10.2 Å². The first kappa shape index (κ1) is 26.5. The summed E-state index contributed by atoms with van der Waals surface area (Å²) >= 11 is 1.50. The Hall–Kier alpha value is -4.37. The normalized spacial score (nSPS) is 20.3. The first-order chi connectivity index (χ1) is 20.2. The molecular weight excluding hydrogens is 578 g/mol. The number of aromatic nitrogens is 7. The molecule has 5 aromatic rings. The molecule has 2 aliphatic rings. The van der Waals surface area contributed by atoms with Crippen LogP contribution in [0.1, 0.15) is 47.9 Å². The second-order valence-electron chi connectivity index (χ2n) is 10.6. The molecule has 2 unspecified atom stereocenters. The number of rotatable bonds is 6. The second-order valence-corrected chi connectivity index (χ2v) is 13.6. The smallest absolute Gasteiger partial charge is 0.292 e. The molecular formula is C27H27N9O4S2. The Balaban J connectivity index is 1.27.